The predicted molar refractivity (Wildman–Crippen MR) is 122 cm³/mol. The molecule has 2 heterocycles. The van der Waals surface area contributed by atoms with Crippen LogP contribution < -0.4 is 5.32 Å². The van der Waals surface area contributed by atoms with E-state index in [1.807, 2.05) is 13.0 Å². The van der Waals surface area contributed by atoms with E-state index in [4.69, 9.17) is 0 Å². The van der Waals surface area contributed by atoms with Crippen molar-refractivity contribution >= 4 is 35.0 Å². The molecule has 2 amide bonds. The number of nitrogens with zero attached hydrogens (tertiary/aromatic N) is 5. The third-order valence-electron chi connectivity index (χ3n) is 5.42. The quantitative estimate of drug-likeness (QED) is 0.434. The van der Waals surface area contributed by atoms with Gasteiger partial charge in [0, 0.05) is 31.8 Å². The van der Waals surface area contributed by atoms with Crippen LogP contribution in [-0.4, -0.2) is 49.5 Å². The Labute approximate surface area is 194 Å². The molecule has 33 heavy (non-hydrogen) atoms. The van der Waals surface area contributed by atoms with Crippen molar-refractivity contribution in [3.05, 3.63) is 69.5 Å². The van der Waals surface area contributed by atoms with Crippen molar-refractivity contribution < 1.29 is 14.5 Å². The van der Waals surface area contributed by atoms with E-state index >= 15 is 0 Å². The number of nitro groups is 1. The molecule has 4 rings (SSSR count). The third-order valence-corrected chi connectivity index (χ3v) is 6.53. The number of anilines is 1. The highest BCUT2D eigenvalue weighted by Gasteiger charge is 2.25. The van der Waals surface area contributed by atoms with Crippen LogP contribution in [0.2, 0.25) is 0 Å². The molecule has 1 aliphatic heterocycles. The summed E-state index contributed by atoms with van der Waals surface area (Å²) in [6.45, 7) is 3.21. The van der Waals surface area contributed by atoms with Gasteiger partial charge in [0.2, 0.25) is 0 Å². The van der Waals surface area contributed by atoms with Crippen molar-refractivity contribution in [1.29, 1.82) is 0 Å². The van der Waals surface area contributed by atoms with E-state index in [2.05, 4.69) is 15.5 Å². The van der Waals surface area contributed by atoms with Gasteiger partial charge in [0.1, 0.15) is 6.33 Å². The topological polar surface area (TPSA) is 123 Å². The molecule has 11 heteroatoms. The third kappa shape index (κ3) is 4.72. The van der Waals surface area contributed by atoms with Gasteiger partial charge < -0.3 is 14.8 Å². The molecule has 0 aliphatic carbocycles. The Hall–Kier alpha value is -3.73. The fourth-order valence-electron chi connectivity index (χ4n) is 3.68. The molecule has 0 saturated carbocycles. The fraction of sp³-hybridized carbons (Fsp3) is 0.273. The van der Waals surface area contributed by atoms with Crippen LogP contribution in [0.25, 0.3) is 0 Å². The summed E-state index contributed by atoms with van der Waals surface area (Å²) in [5.41, 5.74) is 1.48. The maximum absolute atomic E-state index is 13.0. The molecule has 0 spiro atoms. The number of aryl methyl sites for hydroxylation is 2. The Bertz CT molecular complexity index is 1240. The number of amides is 2. The molecule has 1 saturated heterocycles. The molecule has 3 aromatic rings. The molecule has 1 N–H and O–H groups in total. The second kappa shape index (κ2) is 9.41. The number of hydrogen-bond donors (Lipinski definition) is 1. The summed E-state index contributed by atoms with van der Waals surface area (Å²) >= 11 is 1.09. The molecular formula is C22H22N6O4S. The van der Waals surface area contributed by atoms with Crippen molar-refractivity contribution in [2.24, 2.45) is 7.05 Å². The number of nitrogens with one attached hydrogen (secondary N) is 1. The lowest BCUT2D eigenvalue weighted by Gasteiger charge is -2.19. The summed E-state index contributed by atoms with van der Waals surface area (Å²) in [6, 6.07) is 9.50. The van der Waals surface area contributed by atoms with Crippen molar-refractivity contribution in [2.75, 3.05) is 18.4 Å². The fourth-order valence-corrected chi connectivity index (χ4v) is 4.53. The van der Waals surface area contributed by atoms with Gasteiger partial charge in [-0.2, -0.15) is 0 Å². The minimum atomic E-state index is -0.537. The van der Waals surface area contributed by atoms with Crippen molar-refractivity contribution in [1.82, 2.24) is 19.7 Å². The van der Waals surface area contributed by atoms with Gasteiger partial charge in [0.15, 0.2) is 5.16 Å². The highest BCUT2D eigenvalue weighted by atomic mass is 32.2. The van der Waals surface area contributed by atoms with Gasteiger partial charge in [-0.3, -0.25) is 19.7 Å². The molecule has 0 atom stereocenters. The summed E-state index contributed by atoms with van der Waals surface area (Å²) < 4.78 is 1.64. The average Bonchev–Trinajstić information content (AvgIpc) is 3.46. The molecule has 0 radical (unpaired) electrons. The van der Waals surface area contributed by atoms with Gasteiger partial charge in [-0.05, 0) is 55.3 Å². The zero-order valence-electron chi connectivity index (χ0n) is 18.1. The minimum absolute atomic E-state index is 0.116. The predicted octanol–water partition coefficient (Wildman–Crippen LogP) is 3.67. The molecular weight excluding hydrogens is 444 g/mol. The number of aromatic nitrogens is 3. The Morgan fingerprint density at radius 1 is 1.18 bits per heavy atom. The Balaban J connectivity index is 1.61. The second-order valence-corrected chi connectivity index (χ2v) is 8.73. The van der Waals surface area contributed by atoms with Gasteiger partial charge in [0.25, 0.3) is 17.5 Å². The van der Waals surface area contributed by atoms with E-state index in [1.165, 1.54) is 24.5 Å². The lowest BCUT2D eigenvalue weighted by molar-refractivity contribution is -0.387. The molecule has 0 unspecified atom stereocenters. The summed E-state index contributed by atoms with van der Waals surface area (Å²) in [4.78, 5) is 39.3. The van der Waals surface area contributed by atoms with E-state index in [0.29, 0.717) is 34.4 Å². The Kier molecular flexibility index (Phi) is 6.40. The first-order valence-electron chi connectivity index (χ1n) is 10.4. The smallest absolute Gasteiger partial charge is 0.284 e. The minimum Gasteiger partial charge on any atom is -0.339 e. The maximum atomic E-state index is 13.0. The van der Waals surface area contributed by atoms with Crippen molar-refractivity contribution in [3.63, 3.8) is 0 Å². The number of carbonyl (C=O) groups excluding carboxylic acids is 2. The van der Waals surface area contributed by atoms with Gasteiger partial charge >= 0.3 is 0 Å². The van der Waals surface area contributed by atoms with Crippen LogP contribution in [0.1, 0.15) is 39.1 Å². The van der Waals surface area contributed by atoms with Gasteiger partial charge in [-0.15, -0.1) is 10.2 Å². The number of likely N-dealkylation sites (tertiary alicyclic amines) is 1. The lowest BCUT2D eigenvalue weighted by atomic mass is 10.0. The molecule has 1 fully saturated rings. The number of nitro benzene ring substituents is 1. The molecule has 10 nitrogen and oxygen atoms in total. The van der Waals surface area contributed by atoms with Crippen LogP contribution in [0.3, 0.4) is 0 Å². The van der Waals surface area contributed by atoms with Crippen molar-refractivity contribution in [3.8, 4) is 0 Å². The van der Waals surface area contributed by atoms with Crippen LogP contribution in [0.15, 0.2) is 52.8 Å². The largest absolute Gasteiger partial charge is 0.339 e. The lowest BCUT2D eigenvalue weighted by Crippen LogP contribution is -2.29. The van der Waals surface area contributed by atoms with Crippen LogP contribution in [-0.2, 0) is 7.05 Å². The average molecular weight is 467 g/mol. The monoisotopic (exact) mass is 466 g/mol. The zero-order chi connectivity index (χ0) is 23.5. The highest BCUT2D eigenvalue weighted by molar-refractivity contribution is 7.99. The summed E-state index contributed by atoms with van der Waals surface area (Å²) in [6.07, 6.45) is 3.42. The number of carbonyl (C=O) groups is 2. The SMILES string of the molecule is Cc1cccc(NC(=O)c2ccc(Sc3nncn3C)c([N+](=O)[O-])c2)c1C(=O)N1CCCC1. The van der Waals surface area contributed by atoms with Crippen LogP contribution in [0.5, 0.6) is 0 Å². The van der Waals surface area contributed by atoms with E-state index in [0.717, 1.165) is 30.2 Å². The first-order valence-corrected chi connectivity index (χ1v) is 11.2. The van der Waals surface area contributed by atoms with Gasteiger partial charge in [0.05, 0.1) is 21.1 Å². The Morgan fingerprint density at radius 3 is 2.61 bits per heavy atom. The molecule has 1 aliphatic rings. The highest BCUT2D eigenvalue weighted by Crippen LogP contribution is 2.34. The summed E-state index contributed by atoms with van der Waals surface area (Å²) in [7, 11) is 1.73. The van der Waals surface area contributed by atoms with E-state index in [1.54, 1.807) is 28.6 Å². The second-order valence-electron chi connectivity index (χ2n) is 7.72. The van der Waals surface area contributed by atoms with Crippen LogP contribution in [0.4, 0.5) is 11.4 Å². The summed E-state index contributed by atoms with van der Waals surface area (Å²) in [5.74, 6) is -0.656. The first-order chi connectivity index (χ1) is 15.8. The molecule has 0 bridgehead atoms. The summed E-state index contributed by atoms with van der Waals surface area (Å²) in [5, 5.41) is 22.6. The number of benzene rings is 2. The standard InChI is InChI=1S/C22H22N6O4S/c1-14-6-5-7-16(19(14)21(30)27-10-3-4-11-27)24-20(29)15-8-9-18(17(12-15)28(31)32)33-22-25-23-13-26(22)2/h5-9,12-13H,3-4,10-11H2,1-2H3,(H,24,29). The number of rotatable bonds is 6. The van der Waals surface area contributed by atoms with Crippen LogP contribution in [0, 0.1) is 17.0 Å². The maximum Gasteiger partial charge on any atom is 0.284 e. The van der Waals surface area contributed by atoms with E-state index < -0.39 is 10.8 Å². The van der Waals surface area contributed by atoms with Gasteiger partial charge in [-0.1, -0.05) is 12.1 Å². The normalized spacial score (nSPS) is 13.2. The molecule has 1 aromatic heterocycles. The Morgan fingerprint density at radius 2 is 1.94 bits per heavy atom. The van der Waals surface area contributed by atoms with Crippen molar-refractivity contribution in [2.45, 2.75) is 29.8 Å². The van der Waals surface area contributed by atoms with Crippen LogP contribution >= 0.6 is 11.8 Å². The molecule has 170 valence electrons. The van der Waals surface area contributed by atoms with E-state index in [-0.39, 0.29) is 17.2 Å². The van der Waals surface area contributed by atoms with E-state index in [9.17, 15) is 19.7 Å². The zero-order valence-corrected chi connectivity index (χ0v) is 19.0. The first kappa shape index (κ1) is 22.5. The molecule has 2 aromatic carbocycles. The number of hydrogen-bond acceptors (Lipinski definition) is 7. The van der Waals surface area contributed by atoms with Gasteiger partial charge in [-0.25, -0.2) is 0 Å².